The molecule has 1 atom stereocenters. The fraction of sp³-hybridized carbons (Fsp3) is 0.222. The zero-order valence-corrected chi connectivity index (χ0v) is 16.3. The van der Waals surface area contributed by atoms with Crippen molar-refractivity contribution in [2.45, 2.75) is 31.4 Å². The van der Waals surface area contributed by atoms with Crippen molar-refractivity contribution in [2.75, 3.05) is 0 Å². The molecule has 0 radical (unpaired) electrons. The Morgan fingerprint density at radius 2 is 1.92 bits per heavy atom. The van der Waals surface area contributed by atoms with Crippen LogP contribution in [-0.4, -0.2) is 13.5 Å². The molecule has 0 aliphatic carbocycles. The first-order valence-electron chi connectivity index (χ1n) is 7.74. The Labute approximate surface area is 155 Å². The molecule has 4 nitrogen and oxygen atoms in total. The second-order valence-electron chi connectivity index (χ2n) is 5.82. The minimum Gasteiger partial charge on any atom is -0.382 e. The smallest absolute Gasteiger partial charge is 0.241 e. The SMILES string of the molecule is Cc1ccc(S(=O)(=O)NCc2ccc(C(O)c3cccs3)s2)c(C)c1. The summed E-state index contributed by atoms with van der Waals surface area (Å²) in [7, 11) is -3.56. The number of aliphatic hydroxyl groups excluding tert-OH is 1. The molecule has 2 heterocycles. The predicted octanol–water partition coefficient (Wildman–Crippen LogP) is 3.99. The molecule has 0 fully saturated rings. The van der Waals surface area contributed by atoms with Gasteiger partial charge in [0.1, 0.15) is 6.10 Å². The Balaban J connectivity index is 1.71. The standard InChI is InChI=1S/C18H19NO3S3/c1-12-5-8-17(13(2)10-12)25(21,22)19-11-14-6-7-16(24-14)18(20)15-4-3-9-23-15/h3-10,18-20H,11H2,1-2H3. The first-order chi connectivity index (χ1) is 11.9. The van der Waals surface area contributed by atoms with E-state index in [1.807, 2.05) is 42.6 Å². The van der Waals surface area contributed by atoms with E-state index in [0.29, 0.717) is 4.90 Å². The van der Waals surface area contributed by atoms with Crippen molar-refractivity contribution in [2.24, 2.45) is 0 Å². The minimum absolute atomic E-state index is 0.206. The summed E-state index contributed by atoms with van der Waals surface area (Å²) in [5.41, 5.74) is 1.76. The highest BCUT2D eigenvalue weighted by molar-refractivity contribution is 7.89. The lowest BCUT2D eigenvalue weighted by Crippen LogP contribution is -2.23. The molecule has 0 saturated carbocycles. The third-order valence-electron chi connectivity index (χ3n) is 3.82. The van der Waals surface area contributed by atoms with E-state index < -0.39 is 16.1 Å². The van der Waals surface area contributed by atoms with Crippen molar-refractivity contribution in [3.8, 4) is 0 Å². The van der Waals surface area contributed by atoms with Crippen molar-refractivity contribution in [3.63, 3.8) is 0 Å². The van der Waals surface area contributed by atoms with Gasteiger partial charge in [-0.15, -0.1) is 22.7 Å². The zero-order chi connectivity index (χ0) is 18.0. The molecular weight excluding hydrogens is 374 g/mol. The Hall–Kier alpha value is -1.51. The Morgan fingerprint density at radius 3 is 2.60 bits per heavy atom. The summed E-state index contributed by atoms with van der Waals surface area (Å²) < 4.78 is 27.7. The van der Waals surface area contributed by atoms with Crippen LogP contribution in [0.1, 0.15) is 31.9 Å². The number of hydrogen-bond donors (Lipinski definition) is 2. The summed E-state index contributed by atoms with van der Waals surface area (Å²) in [5.74, 6) is 0. The average Bonchev–Trinajstić information content (AvgIpc) is 3.24. The Bertz CT molecular complexity index is 959. The van der Waals surface area contributed by atoms with Gasteiger partial charge in [-0.25, -0.2) is 13.1 Å². The molecule has 0 aliphatic heterocycles. The van der Waals surface area contributed by atoms with Gasteiger partial charge < -0.3 is 5.11 Å². The van der Waals surface area contributed by atoms with E-state index in [9.17, 15) is 13.5 Å². The van der Waals surface area contributed by atoms with Crippen LogP contribution in [0.2, 0.25) is 0 Å². The molecule has 0 saturated heterocycles. The largest absolute Gasteiger partial charge is 0.382 e. The molecule has 1 aromatic carbocycles. The average molecular weight is 394 g/mol. The van der Waals surface area contributed by atoms with Crippen molar-refractivity contribution < 1.29 is 13.5 Å². The van der Waals surface area contributed by atoms with E-state index in [2.05, 4.69) is 4.72 Å². The molecule has 3 aromatic rings. The van der Waals surface area contributed by atoms with E-state index in [-0.39, 0.29) is 6.54 Å². The van der Waals surface area contributed by atoms with Crippen LogP contribution in [0.5, 0.6) is 0 Å². The van der Waals surface area contributed by atoms with E-state index in [4.69, 9.17) is 0 Å². The summed E-state index contributed by atoms with van der Waals surface area (Å²) in [6, 6.07) is 12.8. The lowest BCUT2D eigenvalue weighted by atomic mass is 10.2. The highest BCUT2D eigenvalue weighted by Gasteiger charge is 2.18. The molecule has 0 spiro atoms. The number of hydrogen-bond acceptors (Lipinski definition) is 5. The molecular formula is C18H19NO3S3. The number of aliphatic hydroxyl groups is 1. The van der Waals surface area contributed by atoms with Crippen LogP contribution in [0, 0.1) is 13.8 Å². The van der Waals surface area contributed by atoms with Crippen molar-refractivity contribution >= 4 is 32.7 Å². The second-order valence-corrected chi connectivity index (χ2v) is 9.73. The topological polar surface area (TPSA) is 66.4 Å². The number of sulfonamides is 1. The minimum atomic E-state index is -3.56. The Kier molecular flexibility index (Phi) is 5.41. The van der Waals surface area contributed by atoms with Gasteiger partial charge in [0.05, 0.1) is 4.90 Å². The van der Waals surface area contributed by atoms with E-state index >= 15 is 0 Å². The summed E-state index contributed by atoms with van der Waals surface area (Å²) in [6.45, 7) is 3.93. The van der Waals surface area contributed by atoms with Crippen molar-refractivity contribution in [3.05, 3.63) is 73.6 Å². The maximum Gasteiger partial charge on any atom is 0.241 e. The van der Waals surface area contributed by atoms with Crippen molar-refractivity contribution in [1.82, 2.24) is 4.72 Å². The Morgan fingerprint density at radius 1 is 1.12 bits per heavy atom. The van der Waals surface area contributed by atoms with Crippen LogP contribution in [0.15, 0.2) is 52.7 Å². The first kappa shape index (κ1) is 18.3. The number of benzene rings is 1. The molecule has 132 valence electrons. The van der Waals surface area contributed by atoms with Gasteiger partial charge in [0.15, 0.2) is 0 Å². The lowest BCUT2D eigenvalue weighted by molar-refractivity contribution is 0.228. The summed E-state index contributed by atoms with van der Waals surface area (Å²) >= 11 is 2.91. The van der Waals surface area contributed by atoms with Gasteiger partial charge in [0.2, 0.25) is 10.0 Å². The molecule has 1 unspecified atom stereocenters. The van der Waals surface area contributed by atoms with E-state index in [1.54, 1.807) is 19.1 Å². The molecule has 0 amide bonds. The predicted molar refractivity (Wildman–Crippen MR) is 103 cm³/mol. The van der Waals surface area contributed by atoms with Gasteiger partial charge in [-0.05, 0) is 49.1 Å². The zero-order valence-electron chi connectivity index (χ0n) is 13.9. The van der Waals surface area contributed by atoms with Gasteiger partial charge >= 0.3 is 0 Å². The molecule has 2 aromatic heterocycles. The third-order valence-corrected chi connectivity index (χ3v) is 7.44. The van der Waals surface area contributed by atoms with Crippen LogP contribution in [-0.2, 0) is 16.6 Å². The van der Waals surface area contributed by atoms with Gasteiger partial charge in [-0.3, -0.25) is 0 Å². The summed E-state index contributed by atoms with van der Waals surface area (Å²) in [4.78, 5) is 2.85. The fourth-order valence-electron chi connectivity index (χ4n) is 2.57. The summed E-state index contributed by atoms with van der Waals surface area (Å²) in [5, 5.41) is 12.3. The quantitative estimate of drug-likeness (QED) is 0.665. The molecule has 0 aliphatic rings. The normalized spacial score (nSPS) is 13.1. The van der Waals surface area contributed by atoms with Gasteiger partial charge in [0, 0.05) is 21.2 Å². The first-order valence-corrected chi connectivity index (χ1v) is 10.9. The summed E-state index contributed by atoms with van der Waals surface area (Å²) in [6.07, 6.45) is -0.658. The fourth-order valence-corrected chi connectivity index (χ4v) is 5.65. The highest BCUT2D eigenvalue weighted by atomic mass is 32.2. The maximum absolute atomic E-state index is 12.5. The molecule has 0 bridgehead atoms. The van der Waals surface area contributed by atoms with Crippen LogP contribution in [0.25, 0.3) is 0 Å². The van der Waals surface area contributed by atoms with Crippen LogP contribution in [0.3, 0.4) is 0 Å². The van der Waals surface area contributed by atoms with Crippen LogP contribution >= 0.6 is 22.7 Å². The molecule has 3 rings (SSSR count). The monoisotopic (exact) mass is 393 g/mol. The van der Waals surface area contributed by atoms with Crippen molar-refractivity contribution in [1.29, 1.82) is 0 Å². The van der Waals surface area contributed by atoms with Crippen LogP contribution < -0.4 is 4.72 Å². The lowest BCUT2D eigenvalue weighted by Gasteiger charge is -2.09. The second kappa shape index (κ2) is 7.39. The number of thiophene rings is 2. The third kappa shape index (κ3) is 4.19. The van der Waals surface area contributed by atoms with Gasteiger partial charge in [-0.2, -0.15) is 0 Å². The molecule has 7 heteroatoms. The number of aryl methyl sites for hydroxylation is 2. The number of nitrogens with one attached hydrogen (secondary N) is 1. The van der Waals surface area contributed by atoms with E-state index in [1.165, 1.54) is 22.7 Å². The maximum atomic E-state index is 12.5. The number of rotatable bonds is 6. The highest BCUT2D eigenvalue weighted by Crippen LogP contribution is 2.31. The van der Waals surface area contributed by atoms with E-state index in [0.717, 1.165) is 25.8 Å². The molecule has 25 heavy (non-hydrogen) atoms. The van der Waals surface area contributed by atoms with Crippen LogP contribution in [0.4, 0.5) is 0 Å². The van der Waals surface area contributed by atoms with Gasteiger partial charge in [-0.1, -0.05) is 23.8 Å². The molecule has 2 N–H and O–H groups in total. The van der Waals surface area contributed by atoms with Gasteiger partial charge in [0.25, 0.3) is 0 Å².